The van der Waals surface area contributed by atoms with Crippen molar-refractivity contribution < 1.29 is 4.74 Å². The molecule has 2 rings (SSSR count). The molecule has 1 aromatic heterocycles. The van der Waals surface area contributed by atoms with Gasteiger partial charge in [0.05, 0.1) is 22.4 Å². The maximum absolute atomic E-state index is 5.68. The third-order valence-electron chi connectivity index (χ3n) is 3.26. The number of hydrogen-bond donors (Lipinski definition) is 2. The third kappa shape index (κ3) is 2.88. The molecule has 6 heteroatoms. The SMILES string of the molecule is CCn1ncc(Br)c1C(CC1CCOC1)NN. The van der Waals surface area contributed by atoms with Crippen molar-refractivity contribution in [2.75, 3.05) is 13.2 Å². The fraction of sp³-hybridized carbons (Fsp3) is 0.727. The summed E-state index contributed by atoms with van der Waals surface area (Å²) in [5, 5.41) is 4.32. The Labute approximate surface area is 110 Å². The van der Waals surface area contributed by atoms with Crippen LogP contribution in [-0.2, 0) is 11.3 Å². The van der Waals surface area contributed by atoms with Gasteiger partial charge >= 0.3 is 0 Å². The molecule has 0 saturated carbocycles. The second-order valence-corrected chi connectivity index (χ2v) is 5.23. The largest absolute Gasteiger partial charge is 0.381 e. The molecule has 1 aromatic rings. The maximum atomic E-state index is 5.68. The molecule has 0 radical (unpaired) electrons. The minimum atomic E-state index is 0.124. The maximum Gasteiger partial charge on any atom is 0.0709 e. The molecule has 0 amide bonds. The van der Waals surface area contributed by atoms with Crippen molar-refractivity contribution in [3.05, 3.63) is 16.4 Å². The first kappa shape index (κ1) is 13.0. The molecule has 0 aromatic carbocycles. The Morgan fingerprint density at radius 1 is 1.76 bits per heavy atom. The fourth-order valence-electron chi connectivity index (χ4n) is 2.33. The second-order valence-electron chi connectivity index (χ2n) is 4.38. The topological polar surface area (TPSA) is 65.1 Å². The first-order chi connectivity index (χ1) is 8.26. The third-order valence-corrected chi connectivity index (χ3v) is 3.87. The van der Waals surface area contributed by atoms with Crippen molar-refractivity contribution in [3.8, 4) is 0 Å². The predicted molar refractivity (Wildman–Crippen MR) is 69.2 cm³/mol. The van der Waals surface area contributed by atoms with E-state index < -0.39 is 0 Å². The Balaban J connectivity index is 2.12. The monoisotopic (exact) mass is 302 g/mol. The summed E-state index contributed by atoms with van der Waals surface area (Å²) in [4.78, 5) is 0. The van der Waals surface area contributed by atoms with E-state index in [0.29, 0.717) is 5.92 Å². The van der Waals surface area contributed by atoms with Gasteiger partial charge in [0.2, 0.25) is 0 Å². The lowest BCUT2D eigenvalue weighted by Gasteiger charge is -2.20. The first-order valence-corrected chi connectivity index (χ1v) is 6.80. The standard InChI is InChI=1S/C11H19BrN4O/c1-2-16-11(9(12)6-14-16)10(15-13)5-8-3-4-17-7-8/h6,8,10,15H,2-5,7,13H2,1H3. The van der Waals surface area contributed by atoms with E-state index in [9.17, 15) is 0 Å². The molecule has 17 heavy (non-hydrogen) atoms. The number of hydrazine groups is 1. The molecule has 96 valence electrons. The van der Waals surface area contributed by atoms with E-state index in [4.69, 9.17) is 10.6 Å². The number of hydrogen-bond acceptors (Lipinski definition) is 4. The van der Waals surface area contributed by atoms with Crippen LogP contribution in [-0.4, -0.2) is 23.0 Å². The van der Waals surface area contributed by atoms with Gasteiger partial charge in [-0.05, 0) is 41.6 Å². The van der Waals surface area contributed by atoms with Gasteiger partial charge in [-0.2, -0.15) is 5.10 Å². The molecule has 0 bridgehead atoms. The van der Waals surface area contributed by atoms with Crippen LogP contribution in [0.1, 0.15) is 31.5 Å². The molecule has 2 heterocycles. The van der Waals surface area contributed by atoms with Crippen LogP contribution in [0.4, 0.5) is 0 Å². The molecule has 5 nitrogen and oxygen atoms in total. The van der Waals surface area contributed by atoms with Crippen LogP contribution in [0.5, 0.6) is 0 Å². The minimum Gasteiger partial charge on any atom is -0.381 e. The van der Waals surface area contributed by atoms with Gasteiger partial charge in [-0.3, -0.25) is 16.0 Å². The van der Waals surface area contributed by atoms with E-state index in [2.05, 4.69) is 33.4 Å². The summed E-state index contributed by atoms with van der Waals surface area (Å²) in [6.07, 6.45) is 3.94. The summed E-state index contributed by atoms with van der Waals surface area (Å²) in [6, 6.07) is 0.124. The molecule has 0 spiro atoms. The highest BCUT2D eigenvalue weighted by atomic mass is 79.9. The molecule has 0 aliphatic carbocycles. The number of nitrogens with zero attached hydrogens (tertiary/aromatic N) is 2. The average Bonchev–Trinajstić information content (AvgIpc) is 2.95. The van der Waals surface area contributed by atoms with Crippen molar-refractivity contribution in [2.45, 2.75) is 32.4 Å². The highest BCUT2D eigenvalue weighted by Crippen LogP contribution is 2.30. The normalized spacial score (nSPS) is 21.9. The van der Waals surface area contributed by atoms with Crippen molar-refractivity contribution in [1.29, 1.82) is 0 Å². The van der Waals surface area contributed by atoms with Crippen molar-refractivity contribution in [2.24, 2.45) is 11.8 Å². The molecule has 2 atom stereocenters. The predicted octanol–water partition coefficient (Wildman–Crippen LogP) is 1.60. The smallest absolute Gasteiger partial charge is 0.0709 e. The van der Waals surface area contributed by atoms with Gasteiger partial charge in [-0.1, -0.05) is 0 Å². The van der Waals surface area contributed by atoms with Gasteiger partial charge in [0, 0.05) is 19.8 Å². The van der Waals surface area contributed by atoms with Crippen molar-refractivity contribution in [3.63, 3.8) is 0 Å². The molecule has 1 aliphatic rings. The van der Waals surface area contributed by atoms with Crippen LogP contribution >= 0.6 is 15.9 Å². The quantitative estimate of drug-likeness (QED) is 0.640. The van der Waals surface area contributed by atoms with Gasteiger partial charge in [0.1, 0.15) is 0 Å². The Hall–Kier alpha value is -0.430. The summed E-state index contributed by atoms with van der Waals surface area (Å²) in [6.45, 7) is 4.64. The lowest BCUT2D eigenvalue weighted by molar-refractivity contribution is 0.181. The summed E-state index contributed by atoms with van der Waals surface area (Å²) < 4.78 is 8.40. The number of aromatic nitrogens is 2. The van der Waals surface area contributed by atoms with Gasteiger partial charge in [-0.15, -0.1) is 0 Å². The summed E-state index contributed by atoms with van der Waals surface area (Å²) in [5.41, 5.74) is 4.03. The summed E-state index contributed by atoms with van der Waals surface area (Å²) in [7, 11) is 0. The zero-order valence-electron chi connectivity index (χ0n) is 10.0. The molecular weight excluding hydrogens is 284 g/mol. The highest BCUT2D eigenvalue weighted by Gasteiger charge is 2.25. The van der Waals surface area contributed by atoms with Crippen LogP contribution in [0.25, 0.3) is 0 Å². The van der Waals surface area contributed by atoms with E-state index in [0.717, 1.165) is 42.8 Å². The highest BCUT2D eigenvalue weighted by molar-refractivity contribution is 9.10. The van der Waals surface area contributed by atoms with E-state index in [1.807, 2.05) is 10.9 Å². The number of halogens is 1. The zero-order valence-corrected chi connectivity index (χ0v) is 11.6. The van der Waals surface area contributed by atoms with Crippen LogP contribution in [0.15, 0.2) is 10.7 Å². The van der Waals surface area contributed by atoms with Crippen LogP contribution < -0.4 is 11.3 Å². The van der Waals surface area contributed by atoms with Gasteiger partial charge in [-0.25, -0.2) is 0 Å². The number of nitrogens with one attached hydrogen (secondary N) is 1. The molecule has 1 saturated heterocycles. The molecule has 2 unspecified atom stereocenters. The van der Waals surface area contributed by atoms with Crippen LogP contribution in [0.2, 0.25) is 0 Å². The van der Waals surface area contributed by atoms with Crippen LogP contribution in [0.3, 0.4) is 0 Å². The molecule has 3 N–H and O–H groups in total. The number of nitrogens with two attached hydrogens (primary N) is 1. The fourth-order valence-corrected chi connectivity index (χ4v) is 2.90. The zero-order chi connectivity index (χ0) is 12.3. The summed E-state index contributed by atoms with van der Waals surface area (Å²) in [5.74, 6) is 6.27. The lowest BCUT2D eigenvalue weighted by Crippen LogP contribution is -2.31. The Morgan fingerprint density at radius 3 is 3.18 bits per heavy atom. The first-order valence-electron chi connectivity index (χ1n) is 6.01. The average molecular weight is 303 g/mol. The van der Waals surface area contributed by atoms with Crippen molar-refractivity contribution in [1.82, 2.24) is 15.2 Å². The van der Waals surface area contributed by atoms with Gasteiger partial charge in [0.25, 0.3) is 0 Å². The van der Waals surface area contributed by atoms with E-state index >= 15 is 0 Å². The van der Waals surface area contributed by atoms with Gasteiger partial charge in [0.15, 0.2) is 0 Å². The van der Waals surface area contributed by atoms with E-state index in [1.54, 1.807) is 0 Å². The Kier molecular flexibility index (Phi) is 4.55. The minimum absolute atomic E-state index is 0.124. The Morgan fingerprint density at radius 2 is 2.59 bits per heavy atom. The molecule has 1 aliphatic heterocycles. The Bertz CT molecular complexity index is 362. The molecule has 1 fully saturated rings. The van der Waals surface area contributed by atoms with E-state index in [1.165, 1.54) is 0 Å². The van der Waals surface area contributed by atoms with Crippen LogP contribution in [0, 0.1) is 5.92 Å². The number of aryl methyl sites for hydroxylation is 1. The second kappa shape index (κ2) is 5.95. The number of ether oxygens (including phenoxy) is 1. The van der Waals surface area contributed by atoms with Crippen molar-refractivity contribution >= 4 is 15.9 Å². The molecular formula is C11H19BrN4O. The lowest BCUT2D eigenvalue weighted by atomic mass is 9.97. The van der Waals surface area contributed by atoms with E-state index in [-0.39, 0.29) is 6.04 Å². The summed E-state index contributed by atoms with van der Waals surface area (Å²) >= 11 is 3.54. The van der Waals surface area contributed by atoms with Gasteiger partial charge < -0.3 is 4.74 Å². The number of rotatable bonds is 5.